The van der Waals surface area contributed by atoms with Crippen molar-refractivity contribution in [1.29, 1.82) is 0 Å². The summed E-state index contributed by atoms with van der Waals surface area (Å²) in [5.74, 6) is -2.27. The number of ketones is 1. The molecule has 0 aliphatic carbocycles. The fraction of sp³-hybridized carbons (Fsp3) is 0.190. The van der Waals surface area contributed by atoms with E-state index in [0.29, 0.717) is 0 Å². The van der Waals surface area contributed by atoms with Crippen molar-refractivity contribution in [2.24, 2.45) is 12.2 Å². The third kappa shape index (κ3) is 5.43. The zero-order chi connectivity index (χ0) is 25.3. The van der Waals surface area contributed by atoms with Crippen molar-refractivity contribution in [2.45, 2.75) is 24.1 Å². The number of aromatic nitrogens is 2. The normalized spacial score (nSPS) is 11.9. The molecular formula is C21H17F3N3O6S-. The lowest BCUT2D eigenvalue weighted by Gasteiger charge is -2.14. The molecule has 0 amide bonds. The van der Waals surface area contributed by atoms with E-state index in [1.165, 1.54) is 17.9 Å². The first-order valence-corrected chi connectivity index (χ1v) is 11.0. The maximum absolute atomic E-state index is 13.0. The number of carbonyl (C=O) groups is 2. The van der Waals surface area contributed by atoms with Gasteiger partial charge in [-0.25, -0.2) is 13.6 Å². The SMILES string of the molecule is Cn1ncc(C(=O)Cc2c(C(=O)[O-])cccc2S(N)(=O)=O)c1COc1ccc(C(F)(F)F)cc1. The number of rotatable bonds is 8. The molecule has 1 aromatic heterocycles. The summed E-state index contributed by atoms with van der Waals surface area (Å²) in [7, 11) is -2.86. The second-order valence-electron chi connectivity index (χ2n) is 7.15. The van der Waals surface area contributed by atoms with Gasteiger partial charge in [0.25, 0.3) is 0 Å². The third-order valence-electron chi connectivity index (χ3n) is 4.92. The second-order valence-corrected chi connectivity index (χ2v) is 8.68. The molecule has 0 aliphatic rings. The minimum atomic E-state index is -4.50. The summed E-state index contributed by atoms with van der Waals surface area (Å²) < 4.78 is 68.7. The van der Waals surface area contributed by atoms with Crippen molar-refractivity contribution in [3.05, 3.63) is 76.6 Å². The van der Waals surface area contributed by atoms with Gasteiger partial charge in [0.05, 0.1) is 33.9 Å². The van der Waals surface area contributed by atoms with Crippen LogP contribution in [0.2, 0.25) is 0 Å². The second kappa shape index (κ2) is 9.27. The number of nitrogens with zero attached hydrogens (tertiary/aromatic N) is 2. The van der Waals surface area contributed by atoms with Crippen molar-refractivity contribution in [3.63, 3.8) is 0 Å². The first-order chi connectivity index (χ1) is 15.8. The molecule has 0 unspecified atom stereocenters. The number of ether oxygens (including phenoxy) is 1. The highest BCUT2D eigenvalue weighted by atomic mass is 32.2. The summed E-state index contributed by atoms with van der Waals surface area (Å²) in [5, 5.41) is 20.6. The predicted molar refractivity (Wildman–Crippen MR) is 109 cm³/mol. The van der Waals surface area contributed by atoms with Crippen LogP contribution in [0.5, 0.6) is 5.75 Å². The van der Waals surface area contributed by atoms with Crippen LogP contribution in [-0.4, -0.2) is 30.0 Å². The topological polar surface area (TPSA) is 144 Å². The first-order valence-electron chi connectivity index (χ1n) is 9.49. The summed E-state index contributed by atoms with van der Waals surface area (Å²) in [4.78, 5) is 23.9. The van der Waals surface area contributed by atoms with Crippen LogP contribution in [0, 0.1) is 0 Å². The summed E-state index contributed by atoms with van der Waals surface area (Å²) in [6, 6.07) is 7.25. The smallest absolute Gasteiger partial charge is 0.416 e. The Bertz CT molecular complexity index is 1350. The van der Waals surface area contributed by atoms with E-state index in [4.69, 9.17) is 9.88 Å². The predicted octanol–water partition coefficient (Wildman–Crippen LogP) is 1.45. The molecule has 180 valence electrons. The van der Waals surface area contributed by atoms with E-state index < -0.39 is 50.4 Å². The summed E-state index contributed by atoms with van der Waals surface area (Å²) >= 11 is 0. The van der Waals surface area contributed by atoms with E-state index >= 15 is 0 Å². The van der Waals surface area contributed by atoms with Gasteiger partial charge in [-0.2, -0.15) is 18.3 Å². The largest absolute Gasteiger partial charge is 0.545 e. The molecule has 2 N–H and O–H groups in total. The molecule has 1 heterocycles. The Kier molecular flexibility index (Phi) is 6.79. The van der Waals surface area contributed by atoms with Gasteiger partial charge in [0.1, 0.15) is 12.4 Å². The number of carboxylic acids is 1. The van der Waals surface area contributed by atoms with E-state index in [0.717, 1.165) is 42.5 Å². The number of alkyl halides is 3. The highest BCUT2D eigenvalue weighted by molar-refractivity contribution is 7.89. The van der Waals surface area contributed by atoms with Crippen molar-refractivity contribution in [3.8, 4) is 5.75 Å². The monoisotopic (exact) mass is 496 g/mol. The maximum atomic E-state index is 13.0. The lowest BCUT2D eigenvalue weighted by atomic mass is 9.99. The Morgan fingerprint density at radius 3 is 2.32 bits per heavy atom. The average molecular weight is 496 g/mol. The van der Waals surface area contributed by atoms with Crippen LogP contribution in [0.25, 0.3) is 0 Å². The average Bonchev–Trinajstić information content (AvgIpc) is 3.11. The summed E-state index contributed by atoms with van der Waals surface area (Å²) in [6.45, 7) is -0.257. The van der Waals surface area contributed by atoms with E-state index in [1.807, 2.05) is 0 Å². The fourth-order valence-corrected chi connectivity index (χ4v) is 4.01. The van der Waals surface area contributed by atoms with Crippen LogP contribution < -0.4 is 15.0 Å². The molecule has 34 heavy (non-hydrogen) atoms. The maximum Gasteiger partial charge on any atom is 0.416 e. The number of carboxylic acid groups (broad SMARTS) is 1. The van der Waals surface area contributed by atoms with Gasteiger partial charge in [0.2, 0.25) is 10.0 Å². The van der Waals surface area contributed by atoms with Gasteiger partial charge in [-0.1, -0.05) is 12.1 Å². The lowest BCUT2D eigenvalue weighted by Crippen LogP contribution is -2.27. The van der Waals surface area contributed by atoms with Gasteiger partial charge in [-0.15, -0.1) is 0 Å². The van der Waals surface area contributed by atoms with Crippen LogP contribution in [0.15, 0.2) is 53.6 Å². The molecule has 0 bridgehead atoms. The van der Waals surface area contributed by atoms with Crippen LogP contribution in [-0.2, 0) is 36.3 Å². The number of sulfonamides is 1. The van der Waals surface area contributed by atoms with Gasteiger partial charge >= 0.3 is 6.18 Å². The molecule has 0 spiro atoms. The quantitative estimate of drug-likeness (QED) is 0.465. The number of carbonyl (C=O) groups excluding carboxylic acids is 2. The minimum Gasteiger partial charge on any atom is -0.545 e. The molecule has 0 saturated carbocycles. The summed E-state index contributed by atoms with van der Waals surface area (Å²) in [5.41, 5.74) is -1.47. The van der Waals surface area contributed by atoms with Crippen LogP contribution in [0.3, 0.4) is 0 Å². The number of aromatic carboxylic acids is 1. The molecule has 0 radical (unpaired) electrons. The lowest BCUT2D eigenvalue weighted by molar-refractivity contribution is -0.255. The Labute approximate surface area is 191 Å². The van der Waals surface area contributed by atoms with E-state index in [2.05, 4.69) is 5.10 Å². The molecule has 0 atom stereocenters. The molecule has 0 saturated heterocycles. The Balaban J connectivity index is 1.87. The molecule has 2 aromatic carbocycles. The van der Waals surface area contributed by atoms with E-state index in [-0.39, 0.29) is 29.2 Å². The number of nitrogens with two attached hydrogens (primary N) is 1. The van der Waals surface area contributed by atoms with Gasteiger partial charge in [-0.05, 0) is 35.9 Å². The molecule has 3 aromatic rings. The standard InChI is InChI=1S/C21H18F3N3O6S/c1-27-17(11-33-13-7-5-12(6-8-13)21(22,23)24)16(10-26-27)18(28)9-15-14(20(29)30)3-2-4-19(15)34(25,31)32/h2-8,10H,9,11H2,1H3,(H,29,30)(H2,25,31,32)/p-1. The molecule has 0 aliphatic heterocycles. The minimum absolute atomic E-state index is 0.00271. The van der Waals surface area contributed by atoms with Gasteiger partial charge in [-0.3, -0.25) is 9.48 Å². The molecule has 13 heteroatoms. The Hall–Kier alpha value is -3.71. The number of primary sulfonamides is 1. The molecule has 9 nitrogen and oxygen atoms in total. The number of halogens is 3. The zero-order valence-electron chi connectivity index (χ0n) is 17.5. The van der Waals surface area contributed by atoms with Gasteiger partial charge in [0.15, 0.2) is 5.78 Å². The number of benzene rings is 2. The number of hydrogen-bond donors (Lipinski definition) is 1. The van der Waals surface area contributed by atoms with Crippen molar-refractivity contribution < 1.29 is 41.0 Å². The highest BCUT2D eigenvalue weighted by Crippen LogP contribution is 2.30. The summed E-state index contributed by atoms with van der Waals surface area (Å²) in [6.07, 6.45) is -3.96. The van der Waals surface area contributed by atoms with Crippen molar-refractivity contribution >= 4 is 21.8 Å². The third-order valence-corrected chi connectivity index (χ3v) is 5.91. The molecular weight excluding hydrogens is 479 g/mol. The van der Waals surface area contributed by atoms with E-state index in [9.17, 15) is 36.3 Å². The van der Waals surface area contributed by atoms with Crippen LogP contribution in [0.4, 0.5) is 13.2 Å². The van der Waals surface area contributed by atoms with Crippen LogP contribution >= 0.6 is 0 Å². The Morgan fingerprint density at radius 2 is 1.76 bits per heavy atom. The number of aryl methyl sites for hydroxylation is 1. The Morgan fingerprint density at radius 1 is 1.12 bits per heavy atom. The zero-order valence-corrected chi connectivity index (χ0v) is 18.3. The first kappa shape index (κ1) is 24.9. The highest BCUT2D eigenvalue weighted by Gasteiger charge is 2.30. The van der Waals surface area contributed by atoms with Gasteiger partial charge < -0.3 is 14.6 Å². The van der Waals surface area contributed by atoms with Crippen molar-refractivity contribution in [1.82, 2.24) is 9.78 Å². The molecule has 3 rings (SSSR count). The number of Topliss-reactive ketones (excluding diaryl/α,β-unsaturated/α-hetero) is 1. The molecule has 0 fully saturated rings. The fourth-order valence-electron chi connectivity index (χ4n) is 3.22. The van der Waals surface area contributed by atoms with Crippen molar-refractivity contribution in [2.75, 3.05) is 0 Å². The van der Waals surface area contributed by atoms with Gasteiger partial charge in [0, 0.05) is 19.0 Å². The van der Waals surface area contributed by atoms with E-state index in [1.54, 1.807) is 0 Å². The van der Waals surface area contributed by atoms with Crippen LogP contribution in [0.1, 0.15) is 37.5 Å². The number of hydrogen-bond acceptors (Lipinski definition) is 7.